The van der Waals surface area contributed by atoms with Crippen molar-refractivity contribution in [2.45, 2.75) is 27.7 Å². The van der Waals surface area contributed by atoms with E-state index in [2.05, 4.69) is 24.1 Å². The molecule has 0 radical (unpaired) electrons. The van der Waals surface area contributed by atoms with Crippen molar-refractivity contribution in [2.75, 3.05) is 0 Å². The maximum atomic E-state index is 3.72. The molecule has 11 heavy (non-hydrogen) atoms. The second kappa shape index (κ2) is 4.83. The Morgan fingerprint density at radius 3 is 1.64 bits per heavy atom. The van der Waals surface area contributed by atoms with Crippen LogP contribution in [0.3, 0.4) is 0 Å². The van der Waals surface area contributed by atoms with Gasteiger partial charge >= 0.3 is 0 Å². The minimum Gasteiger partial charge on any atom is -0.159 e. The molecule has 0 amide bonds. The maximum absolute atomic E-state index is 3.72. The first kappa shape index (κ1) is 10.1. The molecule has 0 aromatic rings. The van der Waals surface area contributed by atoms with Crippen molar-refractivity contribution in [3.8, 4) is 0 Å². The second-order valence-corrected chi connectivity index (χ2v) is 2.68. The third-order valence-corrected chi connectivity index (χ3v) is 1.21. The highest BCUT2D eigenvalue weighted by Crippen LogP contribution is 2.20. The van der Waals surface area contributed by atoms with Crippen molar-refractivity contribution in [3.05, 3.63) is 24.6 Å². The molecular weight excluding hydrogens is 136 g/mol. The van der Waals surface area contributed by atoms with Gasteiger partial charge in [0.05, 0.1) is 0 Å². The highest BCUT2D eigenvalue weighted by atomic mass is 15.1. The van der Waals surface area contributed by atoms with E-state index in [1.165, 1.54) is 0 Å². The van der Waals surface area contributed by atoms with Gasteiger partial charge in [0.15, 0.2) is 0 Å². The fourth-order valence-electron chi connectivity index (χ4n) is 0.583. The Labute approximate surface area is 68.7 Å². The minimum atomic E-state index is 0.115. The molecule has 0 bridgehead atoms. The van der Waals surface area contributed by atoms with Crippen LogP contribution in [-0.4, -0.2) is 0 Å². The smallest absolute Gasteiger partial charge is 0.0464 e. The molecule has 2 nitrogen and oxygen atoms in total. The number of rotatable bonds is 0. The molecular formula is C9H16N2. The van der Waals surface area contributed by atoms with Crippen molar-refractivity contribution < 1.29 is 0 Å². The number of nitrogens with zero attached hydrogens (tertiary/aromatic N) is 2. The summed E-state index contributed by atoms with van der Waals surface area (Å²) in [4.78, 5) is 0. The Kier molecular flexibility index (Phi) is 4.42. The Morgan fingerprint density at radius 2 is 1.27 bits per heavy atom. The van der Waals surface area contributed by atoms with Crippen LogP contribution in [-0.2, 0) is 0 Å². The quantitative estimate of drug-likeness (QED) is 0.507. The van der Waals surface area contributed by atoms with Crippen LogP contribution in [0.2, 0.25) is 0 Å². The monoisotopic (exact) mass is 152 g/mol. The lowest BCUT2D eigenvalue weighted by Gasteiger charge is -2.10. The predicted octanol–water partition coefficient (Wildman–Crippen LogP) is 3.53. The van der Waals surface area contributed by atoms with E-state index in [0.29, 0.717) is 0 Å². The van der Waals surface area contributed by atoms with Crippen LogP contribution >= 0.6 is 0 Å². The molecule has 1 aliphatic heterocycles. The molecule has 62 valence electrons. The highest BCUT2D eigenvalue weighted by Gasteiger charge is 2.08. The van der Waals surface area contributed by atoms with Crippen LogP contribution in [0.1, 0.15) is 27.7 Å². The number of hydrogen-bond donors (Lipinski definition) is 0. The molecule has 1 aliphatic rings. The molecule has 0 saturated carbocycles. The number of allylic oxidation sites excluding steroid dienone is 2. The summed E-state index contributed by atoms with van der Waals surface area (Å²) in [5.74, 6) is 0. The van der Waals surface area contributed by atoms with Crippen LogP contribution in [0.15, 0.2) is 34.8 Å². The molecule has 0 aromatic heterocycles. The lowest BCUT2D eigenvalue weighted by molar-refractivity contribution is 0.626. The van der Waals surface area contributed by atoms with Crippen LogP contribution < -0.4 is 0 Å². The van der Waals surface area contributed by atoms with Crippen molar-refractivity contribution in [2.24, 2.45) is 15.6 Å². The highest BCUT2D eigenvalue weighted by molar-refractivity contribution is 5.07. The van der Waals surface area contributed by atoms with Gasteiger partial charge in [-0.25, -0.2) is 0 Å². The third kappa shape index (κ3) is 4.48. The van der Waals surface area contributed by atoms with Gasteiger partial charge in [-0.15, -0.1) is 0 Å². The lowest BCUT2D eigenvalue weighted by atomic mass is 9.94. The summed E-state index contributed by atoms with van der Waals surface area (Å²) in [6, 6.07) is 0. The number of azo groups is 1. The minimum absolute atomic E-state index is 0.115. The Hall–Kier alpha value is -0.920. The van der Waals surface area contributed by atoms with E-state index in [9.17, 15) is 0 Å². The fraction of sp³-hybridized carbons (Fsp3) is 0.556. The summed E-state index contributed by atoms with van der Waals surface area (Å²) >= 11 is 0. The van der Waals surface area contributed by atoms with Gasteiger partial charge in [-0.05, 0) is 0 Å². The van der Waals surface area contributed by atoms with Gasteiger partial charge in [0, 0.05) is 17.8 Å². The molecule has 0 aromatic carbocycles. The zero-order chi connectivity index (χ0) is 8.74. The van der Waals surface area contributed by atoms with E-state index in [4.69, 9.17) is 0 Å². The summed E-state index contributed by atoms with van der Waals surface area (Å²) in [6.07, 6.45) is 7.47. The molecule has 0 N–H and O–H groups in total. The van der Waals surface area contributed by atoms with Crippen molar-refractivity contribution in [1.29, 1.82) is 0 Å². The summed E-state index contributed by atoms with van der Waals surface area (Å²) in [6.45, 7) is 8.22. The lowest BCUT2D eigenvalue weighted by Crippen LogP contribution is -2.00. The van der Waals surface area contributed by atoms with Crippen LogP contribution in [0.4, 0.5) is 0 Å². The normalized spacial score (nSPS) is 18.5. The first-order valence-corrected chi connectivity index (χ1v) is 3.96. The van der Waals surface area contributed by atoms with Gasteiger partial charge in [0.25, 0.3) is 0 Å². The summed E-state index contributed by atoms with van der Waals surface area (Å²) in [5.41, 5.74) is 0.115. The number of hydrogen-bond acceptors (Lipinski definition) is 2. The maximum Gasteiger partial charge on any atom is 0.0464 e. The van der Waals surface area contributed by atoms with Gasteiger partial charge in [-0.3, -0.25) is 0 Å². The molecule has 0 fully saturated rings. The molecule has 1 rings (SSSR count). The topological polar surface area (TPSA) is 24.7 Å². The van der Waals surface area contributed by atoms with Crippen LogP contribution in [0.5, 0.6) is 0 Å². The molecule has 0 unspecified atom stereocenters. The average molecular weight is 152 g/mol. The van der Waals surface area contributed by atoms with Crippen LogP contribution in [0, 0.1) is 5.41 Å². The average Bonchev–Trinajstić information content (AvgIpc) is 2.17. The molecule has 0 spiro atoms. The van der Waals surface area contributed by atoms with E-state index in [0.717, 1.165) is 0 Å². The zero-order valence-corrected chi connectivity index (χ0v) is 7.70. The summed E-state index contributed by atoms with van der Waals surface area (Å²) in [7, 11) is 0. The van der Waals surface area contributed by atoms with Gasteiger partial charge < -0.3 is 0 Å². The largest absolute Gasteiger partial charge is 0.159 e. The molecule has 0 aliphatic carbocycles. The first-order valence-electron chi connectivity index (χ1n) is 3.96. The van der Waals surface area contributed by atoms with Crippen LogP contribution in [0.25, 0.3) is 0 Å². The Bertz CT molecular complexity index is 158. The molecule has 2 heteroatoms. The van der Waals surface area contributed by atoms with Gasteiger partial charge in [0.2, 0.25) is 0 Å². The Balaban J connectivity index is 0.000000461. The zero-order valence-electron chi connectivity index (χ0n) is 7.70. The predicted molar refractivity (Wildman–Crippen MR) is 48.3 cm³/mol. The van der Waals surface area contributed by atoms with Gasteiger partial charge in [-0.1, -0.05) is 39.8 Å². The van der Waals surface area contributed by atoms with Crippen molar-refractivity contribution in [1.82, 2.24) is 0 Å². The van der Waals surface area contributed by atoms with Crippen molar-refractivity contribution >= 4 is 0 Å². The van der Waals surface area contributed by atoms with E-state index < -0.39 is 0 Å². The standard InChI is InChI=1S/C7H10N2.C2H6/c1-7(2)3-5-8-9-6-4-7;1-2/h3-6H,1-2H3;1-2H3. The van der Waals surface area contributed by atoms with Gasteiger partial charge in [0.1, 0.15) is 0 Å². The summed E-state index contributed by atoms with van der Waals surface area (Å²) < 4.78 is 0. The first-order chi connectivity index (χ1) is 5.21. The van der Waals surface area contributed by atoms with E-state index in [-0.39, 0.29) is 5.41 Å². The molecule has 0 atom stereocenters. The van der Waals surface area contributed by atoms with E-state index >= 15 is 0 Å². The third-order valence-electron chi connectivity index (χ3n) is 1.21. The molecule has 0 saturated heterocycles. The fourth-order valence-corrected chi connectivity index (χ4v) is 0.583. The van der Waals surface area contributed by atoms with Gasteiger partial charge in [-0.2, -0.15) is 10.2 Å². The van der Waals surface area contributed by atoms with E-state index in [1.54, 1.807) is 12.4 Å². The summed E-state index contributed by atoms with van der Waals surface area (Å²) in [5, 5.41) is 7.45. The SMILES string of the molecule is CC.CC1(C)C=CN=NC=C1. The van der Waals surface area contributed by atoms with Crippen molar-refractivity contribution in [3.63, 3.8) is 0 Å². The molecule has 1 heterocycles. The second-order valence-electron chi connectivity index (χ2n) is 2.68. The Morgan fingerprint density at radius 1 is 0.909 bits per heavy atom. The van der Waals surface area contributed by atoms with E-state index in [1.807, 2.05) is 26.0 Å².